The first kappa shape index (κ1) is 21.3. The molecule has 0 saturated carbocycles. The predicted molar refractivity (Wildman–Crippen MR) is 123 cm³/mol. The van der Waals surface area contributed by atoms with Gasteiger partial charge in [0.15, 0.2) is 0 Å². The van der Waals surface area contributed by atoms with Crippen LogP contribution in [0, 0.1) is 0 Å². The van der Waals surface area contributed by atoms with Crippen LogP contribution in [0.3, 0.4) is 0 Å². The van der Waals surface area contributed by atoms with Gasteiger partial charge in [-0.2, -0.15) is 0 Å². The van der Waals surface area contributed by atoms with Gasteiger partial charge in [0.05, 0.1) is 6.54 Å². The Labute approximate surface area is 183 Å². The largest absolute Gasteiger partial charge is 0.490 e. The van der Waals surface area contributed by atoms with Crippen molar-refractivity contribution in [2.45, 2.75) is 6.10 Å². The summed E-state index contributed by atoms with van der Waals surface area (Å²) in [6.07, 6.45) is -0.563. The average Bonchev–Trinajstić information content (AvgIpc) is 2.79. The molecule has 2 N–H and O–H groups in total. The third kappa shape index (κ3) is 6.04. The standard InChI is InChI=1S/C25H29N3O3/c29-22(19-31-24-12-6-8-20-7-4-5-11-23(20)24)17-27-13-15-28(16-14-27)18-25(30)26-21-9-2-1-3-10-21/h1-12,22,29H,13-19H2,(H,26,30). The first-order chi connectivity index (χ1) is 15.2. The van der Waals surface area contributed by atoms with E-state index in [9.17, 15) is 9.90 Å². The zero-order valence-corrected chi connectivity index (χ0v) is 17.6. The Hall–Kier alpha value is -2.93. The molecule has 0 spiro atoms. The fourth-order valence-corrected chi connectivity index (χ4v) is 3.91. The number of ether oxygens (including phenoxy) is 1. The number of carbonyl (C=O) groups excluding carboxylic acids is 1. The van der Waals surface area contributed by atoms with Crippen LogP contribution in [0.2, 0.25) is 0 Å². The molecule has 4 rings (SSSR count). The number of hydrogen-bond acceptors (Lipinski definition) is 5. The number of aliphatic hydroxyl groups is 1. The maximum absolute atomic E-state index is 12.2. The van der Waals surface area contributed by atoms with E-state index in [0.29, 0.717) is 13.1 Å². The van der Waals surface area contributed by atoms with Gasteiger partial charge < -0.3 is 15.2 Å². The van der Waals surface area contributed by atoms with E-state index >= 15 is 0 Å². The number of amides is 1. The zero-order chi connectivity index (χ0) is 21.5. The van der Waals surface area contributed by atoms with Gasteiger partial charge in [-0.25, -0.2) is 0 Å². The molecule has 6 nitrogen and oxygen atoms in total. The molecule has 3 aromatic rings. The molecule has 0 aromatic heterocycles. The number of benzene rings is 3. The highest BCUT2D eigenvalue weighted by Gasteiger charge is 2.21. The van der Waals surface area contributed by atoms with Crippen LogP contribution in [-0.2, 0) is 4.79 Å². The fraction of sp³-hybridized carbons (Fsp3) is 0.320. The van der Waals surface area contributed by atoms with E-state index in [1.807, 2.05) is 60.7 Å². The molecule has 0 radical (unpaired) electrons. The molecule has 1 unspecified atom stereocenters. The summed E-state index contributed by atoms with van der Waals surface area (Å²) >= 11 is 0. The second-order valence-electron chi connectivity index (χ2n) is 7.93. The Kier molecular flexibility index (Phi) is 7.14. The number of carbonyl (C=O) groups is 1. The lowest BCUT2D eigenvalue weighted by molar-refractivity contribution is -0.117. The minimum Gasteiger partial charge on any atom is -0.490 e. The minimum absolute atomic E-state index is 0.00294. The topological polar surface area (TPSA) is 65.0 Å². The number of hydrogen-bond donors (Lipinski definition) is 2. The van der Waals surface area contributed by atoms with Crippen molar-refractivity contribution < 1.29 is 14.6 Å². The lowest BCUT2D eigenvalue weighted by Gasteiger charge is -2.35. The Bertz CT molecular complexity index is 982. The lowest BCUT2D eigenvalue weighted by atomic mass is 10.1. The monoisotopic (exact) mass is 419 g/mol. The van der Waals surface area contributed by atoms with Crippen LogP contribution in [0.1, 0.15) is 0 Å². The van der Waals surface area contributed by atoms with Gasteiger partial charge in [0.1, 0.15) is 18.5 Å². The molecule has 0 aliphatic carbocycles. The summed E-state index contributed by atoms with van der Waals surface area (Å²) in [5.74, 6) is 0.801. The first-order valence-electron chi connectivity index (χ1n) is 10.8. The van der Waals surface area contributed by atoms with Crippen LogP contribution >= 0.6 is 0 Å². The number of β-amino-alcohol motifs (C(OH)–C–C–N with tert-alkyl or cyclic N) is 1. The van der Waals surface area contributed by atoms with Gasteiger partial charge in [0.2, 0.25) is 5.91 Å². The number of piperazine rings is 1. The quantitative estimate of drug-likeness (QED) is 0.588. The summed E-state index contributed by atoms with van der Waals surface area (Å²) in [5, 5.41) is 15.6. The third-order valence-electron chi connectivity index (χ3n) is 5.54. The van der Waals surface area contributed by atoms with Crippen molar-refractivity contribution in [1.29, 1.82) is 0 Å². The molecule has 1 aliphatic rings. The Morgan fingerprint density at radius 1 is 0.903 bits per heavy atom. The maximum atomic E-state index is 12.2. The number of aliphatic hydroxyl groups excluding tert-OH is 1. The van der Waals surface area contributed by atoms with Crippen molar-refractivity contribution in [2.75, 3.05) is 51.2 Å². The highest BCUT2D eigenvalue weighted by atomic mass is 16.5. The highest BCUT2D eigenvalue weighted by Crippen LogP contribution is 2.25. The number of rotatable bonds is 8. The molecule has 1 heterocycles. The fourth-order valence-electron chi connectivity index (χ4n) is 3.91. The molecule has 3 aromatic carbocycles. The smallest absolute Gasteiger partial charge is 0.238 e. The molecule has 0 bridgehead atoms. The minimum atomic E-state index is -0.563. The van der Waals surface area contributed by atoms with E-state index in [1.165, 1.54) is 0 Å². The van der Waals surface area contributed by atoms with Crippen molar-refractivity contribution in [1.82, 2.24) is 9.80 Å². The van der Waals surface area contributed by atoms with Gasteiger partial charge in [-0.15, -0.1) is 0 Å². The maximum Gasteiger partial charge on any atom is 0.238 e. The normalized spacial score (nSPS) is 16.2. The second-order valence-corrected chi connectivity index (χ2v) is 7.93. The Morgan fingerprint density at radius 3 is 2.39 bits per heavy atom. The molecule has 1 atom stereocenters. The summed E-state index contributed by atoms with van der Waals surface area (Å²) < 4.78 is 5.91. The number of nitrogens with one attached hydrogen (secondary N) is 1. The SMILES string of the molecule is O=C(CN1CCN(CC(O)COc2cccc3ccccc23)CC1)Nc1ccccc1. The van der Waals surface area contributed by atoms with Gasteiger partial charge in [-0.05, 0) is 23.6 Å². The molecule has 1 fully saturated rings. The molecule has 162 valence electrons. The van der Waals surface area contributed by atoms with E-state index in [2.05, 4.69) is 27.2 Å². The number of anilines is 1. The third-order valence-corrected chi connectivity index (χ3v) is 5.54. The van der Waals surface area contributed by atoms with Crippen molar-refractivity contribution >= 4 is 22.4 Å². The molecule has 1 aliphatic heterocycles. The summed E-state index contributed by atoms with van der Waals surface area (Å²) in [6.45, 7) is 4.46. The van der Waals surface area contributed by atoms with Crippen molar-refractivity contribution in [3.63, 3.8) is 0 Å². The Balaban J connectivity index is 1.18. The van der Waals surface area contributed by atoms with E-state index in [0.717, 1.165) is 48.4 Å². The molecule has 1 amide bonds. The van der Waals surface area contributed by atoms with Gasteiger partial charge in [-0.1, -0.05) is 54.6 Å². The van der Waals surface area contributed by atoms with Crippen LogP contribution in [0.5, 0.6) is 5.75 Å². The molecular weight excluding hydrogens is 390 g/mol. The summed E-state index contributed by atoms with van der Waals surface area (Å²) in [7, 11) is 0. The predicted octanol–water partition coefficient (Wildman–Crippen LogP) is 2.84. The van der Waals surface area contributed by atoms with Gasteiger partial charge >= 0.3 is 0 Å². The van der Waals surface area contributed by atoms with Crippen LogP contribution in [0.15, 0.2) is 72.8 Å². The molecule has 6 heteroatoms. The van der Waals surface area contributed by atoms with E-state index in [-0.39, 0.29) is 12.5 Å². The molecule has 1 saturated heterocycles. The Morgan fingerprint density at radius 2 is 1.58 bits per heavy atom. The molecular formula is C25H29N3O3. The number of para-hydroxylation sites is 1. The summed E-state index contributed by atoms with van der Waals surface area (Å²) in [6, 6.07) is 23.6. The van der Waals surface area contributed by atoms with Gasteiger partial charge in [0.25, 0.3) is 0 Å². The van der Waals surface area contributed by atoms with E-state index < -0.39 is 6.10 Å². The lowest BCUT2D eigenvalue weighted by Crippen LogP contribution is -2.50. The summed E-state index contributed by atoms with van der Waals surface area (Å²) in [5.41, 5.74) is 0.820. The van der Waals surface area contributed by atoms with Crippen LogP contribution in [-0.4, -0.2) is 72.8 Å². The van der Waals surface area contributed by atoms with Crippen LogP contribution in [0.4, 0.5) is 5.69 Å². The van der Waals surface area contributed by atoms with Crippen LogP contribution in [0.25, 0.3) is 10.8 Å². The van der Waals surface area contributed by atoms with Gasteiger partial charge in [0, 0.05) is 43.8 Å². The van der Waals surface area contributed by atoms with Crippen molar-refractivity contribution in [3.05, 3.63) is 72.8 Å². The number of nitrogens with zero attached hydrogens (tertiary/aromatic N) is 2. The summed E-state index contributed by atoms with van der Waals surface area (Å²) in [4.78, 5) is 16.6. The van der Waals surface area contributed by atoms with Gasteiger partial charge in [-0.3, -0.25) is 14.6 Å². The van der Waals surface area contributed by atoms with Crippen molar-refractivity contribution in [2.24, 2.45) is 0 Å². The second kappa shape index (κ2) is 10.4. The number of fused-ring (bicyclic) bond motifs is 1. The molecule has 31 heavy (non-hydrogen) atoms. The highest BCUT2D eigenvalue weighted by molar-refractivity contribution is 5.92. The van der Waals surface area contributed by atoms with Crippen LogP contribution < -0.4 is 10.1 Å². The van der Waals surface area contributed by atoms with E-state index in [1.54, 1.807) is 0 Å². The average molecular weight is 420 g/mol. The van der Waals surface area contributed by atoms with E-state index in [4.69, 9.17) is 4.74 Å². The van der Waals surface area contributed by atoms with Crippen molar-refractivity contribution in [3.8, 4) is 5.75 Å². The first-order valence-corrected chi connectivity index (χ1v) is 10.8. The zero-order valence-electron chi connectivity index (χ0n) is 17.6.